The summed E-state index contributed by atoms with van der Waals surface area (Å²) in [6.45, 7) is 4.31. The molecule has 114 valence electrons. The predicted molar refractivity (Wildman–Crippen MR) is 82.4 cm³/mol. The Balaban J connectivity index is 2.26. The highest BCUT2D eigenvalue weighted by Gasteiger charge is 2.18. The van der Waals surface area contributed by atoms with Crippen molar-refractivity contribution in [3.8, 4) is 0 Å². The number of pyridine rings is 1. The molecule has 0 amide bonds. The number of anilines is 1. The second kappa shape index (κ2) is 6.38. The molecule has 1 aromatic heterocycles. The summed E-state index contributed by atoms with van der Waals surface area (Å²) in [6.07, 6.45) is 1.61. The Bertz CT molecular complexity index is 729. The van der Waals surface area contributed by atoms with Gasteiger partial charge in [0.2, 0.25) is 10.0 Å². The molecule has 0 saturated carbocycles. The van der Waals surface area contributed by atoms with E-state index in [1.54, 1.807) is 24.4 Å². The molecule has 0 spiro atoms. The lowest BCUT2D eigenvalue weighted by Gasteiger charge is -2.11. The zero-order valence-electron chi connectivity index (χ0n) is 12.0. The van der Waals surface area contributed by atoms with E-state index in [-0.39, 0.29) is 17.5 Å². The average Bonchev–Trinajstić information content (AvgIpc) is 2.44. The van der Waals surface area contributed by atoms with E-state index in [4.69, 9.17) is 10.5 Å². The van der Waals surface area contributed by atoms with Crippen molar-refractivity contribution in [2.75, 3.05) is 18.9 Å². The molecule has 7 heteroatoms. The summed E-state index contributed by atoms with van der Waals surface area (Å²) >= 11 is 0. The van der Waals surface area contributed by atoms with Gasteiger partial charge in [-0.05, 0) is 38.1 Å². The number of nitrogens with zero attached hydrogens (tertiary/aromatic N) is 1. The first-order valence-electron chi connectivity index (χ1n) is 6.66. The maximum Gasteiger partial charge on any atom is 0.242 e. The zero-order chi connectivity index (χ0) is 15.5. The summed E-state index contributed by atoms with van der Waals surface area (Å²) in [5.74, 6) is 0. The summed E-state index contributed by atoms with van der Waals surface area (Å²) in [5.41, 5.74) is 6.72. The van der Waals surface area contributed by atoms with Crippen LogP contribution in [0, 0.1) is 0 Å². The number of hydrogen-bond acceptors (Lipinski definition) is 5. The van der Waals surface area contributed by atoms with E-state index in [0.29, 0.717) is 23.2 Å². The number of ether oxygens (including phenoxy) is 1. The van der Waals surface area contributed by atoms with Crippen LogP contribution in [0.5, 0.6) is 0 Å². The number of sulfonamides is 1. The van der Waals surface area contributed by atoms with Gasteiger partial charge in [-0.1, -0.05) is 0 Å². The topological polar surface area (TPSA) is 94.3 Å². The summed E-state index contributed by atoms with van der Waals surface area (Å²) < 4.78 is 32.5. The van der Waals surface area contributed by atoms with E-state index in [2.05, 4.69) is 9.71 Å². The molecular formula is C14H19N3O3S. The van der Waals surface area contributed by atoms with Crippen molar-refractivity contribution in [2.24, 2.45) is 0 Å². The van der Waals surface area contributed by atoms with Crippen LogP contribution in [0.2, 0.25) is 0 Å². The van der Waals surface area contributed by atoms with Crippen LogP contribution in [0.4, 0.5) is 5.69 Å². The van der Waals surface area contributed by atoms with Gasteiger partial charge in [-0.3, -0.25) is 4.98 Å². The molecule has 1 heterocycles. The molecule has 0 aliphatic rings. The maximum absolute atomic E-state index is 12.4. The Labute approximate surface area is 124 Å². The van der Waals surface area contributed by atoms with Gasteiger partial charge in [0.1, 0.15) is 4.90 Å². The number of hydrogen-bond donors (Lipinski definition) is 2. The highest BCUT2D eigenvalue weighted by molar-refractivity contribution is 7.89. The molecule has 0 saturated heterocycles. The molecule has 6 nitrogen and oxygen atoms in total. The Morgan fingerprint density at radius 2 is 2.10 bits per heavy atom. The molecule has 1 aromatic carbocycles. The molecule has 21 heavy (non-hydrogen) atoms. The maximum atomic E-state index is 12.4. The van der Waals surface area contributed by atoms with Gasteiger partial charge >= 0.3 is 0 Å². The van der Waals surface area contributed by atoms with Gasteiger partial charge in [-0.2, -0.15) is 0 Å². The molecule has 2 rings (SSSR count). The molecule has 2 aromatic rings. The number of fused-ring (bicyclic) bond motifs is 1. The van der Waals surface area contributed by atoms with Crippen LogP contribution in [-0.2, 0) is 14.8 Å². The van der Waals surface area contributed by atoms with Crippen LogP contribution in [0.15, 0.2) is 35.4 Å². The highest BCUT2D eigenvalue weighted by atomic mass is 32.2. The fourth-order valence-corrected chi connectivity index (χ4v) is 3.11. The lowest BCUT2D eigenvalue weighted by atomic mass is 10.2. The van der Waals surface area contributed by atoms with Gasteiger partial charge in [0.05, 0.1) is 18.2 Å². The van der Waals surface area contributed by atoms with Crippen LogP contribution in [-0.4, -0.2) is 32.7 Å². The van der Waals surface area contributed by atoms with E-state index >= 15 is 0 Å². The minimum atomic E-state index is -3.65. The zero-order valence-corrected chi connectivity index (χ0v) is 12.9. The van der Waals surface area contributed by atoms with E-state index in [0.717, 1.165) is 0 Å². The highest BCUT2D eigenvalue weighted by Crippen LogP contribution is 2.25. The number of rotatable bonds is 6. The first kappa shape index (κ1) is 15.7. The fourth-order valence-electron chi connectivity index (χ4n) is 1.93. The molecule has 0 aliphatic heterocycles. The third-order valence-electron chi connectivity index (χ3n) is 2.90. The van der Waals surface area contributed by atoms with Crippen molar-refractivity contribution in [1.29, 1.82) is 0 Å². The number of nitrogen functional groups attached to an aromatic ring is 1. The van der Waals surface area contributed by atoms with Crippen molar-refractivity contribution in [2.45, 2.75) is 24.8 Å². The van der Waals surface area contributed by atoms with E-state index in [1.807, 2.05) is 13.8 Å². The van der Waals surface area contributed by atoms with Gasteiger partial charge in [-0.25, -0.2) is 13.1 Å². The van der Waals surface area contributed by atoms with E-state index in [1.165, 1.54) is 6.07 Å². The van der Waals surface area contributed by atoms with Crippen molar-refractivity contribution in [3.63, 3.8) is 0 Å². The third-order valence-corrected chi connectivity index (χ3v) is 4.39. The lowest BCUT2D eigenvalue weighted by Crippen LogP contribution is -2.28. The van der Waals surface area contributed by atoms with Crippen molar-refractivity contribution in [3.05, 3.63) is 30.5 Å². The molecule has 0 radical (unpaired) electrons. The molecule has 0 unspecified atom stereocenters. The fraction of sp³-hybridized carbons (Fsp3) is 0.357. The first-order valence-corrected chi connectivity index (χ1v) is 8.14. The second-order valence-electron chi connectivity index (χ2n) is 4.87. The van der Waals surface area contributed by atoms with Crippen molar-refractivity contribution >= 4 is 26.6 Å². The molecule has 3 N–H and O–H groups in total. The average molecular weight is 309 g/mol. The van der Waals surface area contributed by atoms with Crippen molar-refractivity contribution < 1.29 is 13.2 Å². The Hall–Kier alpha value is -1.70. The van der Waals surface area contributed by atoms with Gasteiger partial charge in [0.15, 0.2) is 0 Å². The standard InChI is InChI=1S/C14H19N3O3S/c1-10(2)20-9-8-17-21(18,19)13-6-5-12(15)11-4-3-7-16-14(11)13/h3-7,10,17H,8-9,15H2,1-2H3. The first-order chi connectivity index (χ1) is 9.92. The Morgan fingerprint density at radius 3 is 2.81 bits per heavy atom. The summed E-state index contributed by atoms with van der Waals surface area (Å²) in [6, 6.07) is 6.51. The van der Waals surface area contributed by atoms with Gasteiger partial charge in [0, 0.05) is 23.8 Å². The van der Waals surface area contributed by atoms with Crippen LogP contribution in [0.1, 0.15) is 13.8 Å². The smallest absolute Gasteiger partial charge is 0.242 e. The normalized spacial score (nSPS) is 12.1. The molecular weight excluding hydrogens is 290 g/mol. The summed E-state index contributed by atoms with van der Waals surface area (Å²) in [4.78, 5) is 4.26. The second-order valence-corrected chi connectivity index (χ2v) is 6.61. The monoisotopic (exact) mass is 309 g/mol. The molecule has 0 atom stereocenters. The quantitative estimate of drug-likeness (QED) is 0.623. The Kier molecular flexibility index (Phi) is 4.76. The Morgan fingerprint density at radius 1 is 1.33 bits per heavy atom. The van der Waals surface area contributed by atoms with Gasteiger partial charge in [0.25, 0.3) is 0 Å². The SMILES string of the molecule is CC(C)OCCNS(=O)(=O)c1ccc(N)c2cccnc12. The minimum absolute atomic E-state index is 0.0634. The number of nitrogens with one attached hydrogen (secondary N) is 1. The van der Waals surface area contributed by atoms with Crippen LogP contribution >= 0.6 is 0 Å². The predicted octanol–water partition coefficient (Wildman–Crippen LogP) is 1.52. The largest absolute Gasteiger partial charge is 0.398 e. The lowest BCUT2D eigenvalue weighted by molar-refractivity contribution is 0.0834. The summed E-state index contributed by atoms with van der Waals surface area (Å²) in [5, 5.41) is 0.624. The number of benzene rings is 1. The third kappa shape index (κ3) is 3.69. The number of aromatic nitrogens is 1. The molecule has 0 aliphatic carbocycles. The number of nitrogens with two attached hydrogens (primary N) is 1. The van der Waals surface area contributed by atoms with Crippen LogP contribution in [0.25, 0.3) is 10.9 Å². The molecule has 0 fully saturated rings. The summed E-state index contributed by atoms with van der Waals surface area (Å²) in [7, 11) is -3.65. The van der Waals surface area contributed by atoms with Gasteiger partial charge < -0.3 is 10.5 Å². The van der Waals surface area contributed by atoms with E-state index in [9.17, 15) is 8.42 Å². The van der Waals surface area contributed by atoms with Gasteiger partial charge in [-0.15, -0.1) is 0 Å². The van der Waals surface area contributed by atoms with E-state index < -0.39 is 10.0 Å². The van der Waals surface area contributed by atoms with Crippen LogP contribution in [0.3, 0.4) is 0 Å². The van der Waals surface area contributed by atoms with Crippen LogP contribution < -0.4 is 10.5 Å². The molecule has 0 bridgehead atoms. The van der Waals surface area contributed by atoms with Crippen molar-refractivity contribution in [1.82, 2.24) is 9.71 Å². The minimum Gasteiger partial charge on any atom is -0.398 e.